The number of hydrogen-bond acceptors (Lipinski definition) is 4. The lowest BCUT2D eigenvalue weighted by Gasteiger charge is -2.11. The van der Waals surface area contributed by atoms with Gasteiger partial charge in [-0.05, 0) is 54.6 Å². The number of carbonyl (C=O) groups excluding carboxylic acids is 1. The van der Waals surface area contributed by atoms with E-state index in [4.69, 9.17) is 4.74 Å². The molecule has 158 valence electrons. The van der Waals surface area contributed by atoms with Crippen LogP contribution in [0.4, 0.5) is 18.9 Å². The minimum atomic E-state index is -4.58. The fourth-order valence-electron chi connectivity index (χ4n) is 2.74. The Morgan fingerprint density at radius 1 is 1.06 bits per heavy atom. The zero-order valence-electron chi connectivity index (χ0n) is 16.1. The predicted octanol–water partition coefficient (Wildman–Crippen LogP) is 5.00. The Balaban J connectivity index is 1.87. The number of benzene rings is 3. The van der Waals surface area contributed by atoms with E-state index in [0.717, 1.165) is 18.2 Å². The van der Waals surface area contributed by atoms with Gasteiger partial charge in [-0.3, -0.25) is 4.79 Å². The summed E-state index contributed by atoms with van der Waals surface area (Å²) in [4.78, 5) is 12.4. The van der Waals surface area contributed by atoms with Gasteiger partial charge in [0.1, 0.15) is 11.8 Å². The molecular weight excluding hydrogens is 429 g/mol. The maximum Gasteiger partial charge on any atom is 0.416 e. The number of anilines is 1. The van der Waals surface area contributed by atoms with Crippen molar-refractivity contribution in [2.75, 3.05) is 12.4 Å². The maximum atomic E-state index is 12.9. The molecule has 0 fully saturated rings. The van der Waals surface area contributed by atoms with Crippen LogP contribution in [0.25, 0.3) is 0 Å². The molecule has 0 aliphatic heterocycles. The minimum absolute atomic E-state index is 0.0285. The van der Waals surface area contributed by atoms with E-state index < -0.39 is 28.4 Å². The molecule has 0 unspecified atom stereocenters. The minimum Gasteiger partial charge on any atom is -0.497 e. The Bertz CT molecular complexity index is 1200. The van der Waals surface area contributed by atoms with E-state index in [-0.39, 0.29) is 21.0 Å². The Morgan fingerprint density at radius 3 is 2.48 bits per heavy atom. The van der Waals surface area contributed by atoms with Crippen LogP contribution in [0.15, 0.2) is 76.5 Å². The van der Waals surface area contributed by atoms with E-state index >= 15 is 0 Å². The summed E-state index contributed by atoms with van der Waals surface area (Å²) < 4.78 is 56.7. The standard InChI is InChI=1S/C22H15F3N2O3S/c1-30-18-6-2-4-14(11-18)21(28)27-17-8-9-20(15(10-17)13-26)31(29)19-7-3-5-16(12-19)22(23,24)25/h2-12H,1H3,(H,27,28)/t31-/m1/s1. The Morgan fingerprint density at radius 2 is 1.81 bits per heavy atom. The van der Waals surface area contributed by atoms with Crippen LogP contribution < -0.4 is 10.1 Å². The number of halogens is 3. The molecule has 0 saturated heterocycles. The van der Waals surface area contributed by atoms with Crippen molar-refractivity contribution in [3.05, 3.63) is 83.4 Å². The molecule has 1 atom stereocenters. The molecule has 0 heterocycles. The van der Waals surface area contributed by atoms with Crippen molar-refractivity contribution in [1.29, 1.82) is 5.26 Å². The van der Waals surface area contributed by atoms with Crippen molar-refractivity contribution in [2.24, 2.45) is 0 Å². The molecule has 3 rings (SSSR count). The highest BCUT2D eigenvalue weighted by atomic mass is 32.2. The Labute approximate surface area is 178 Å². The summed E-state index contributed by atoms with van der Waals surface area (Å²) in [6.45, 7) is 0. The van der Waals surface area contributed by atoms with Crippen LogP contribution in [0.2, 0.25) is 0 Å². The van der Waals surface area contributed by atoms with E-state index in [9.17, 15) is 27.4 Å². The summed E-state index contributed by atoms with van der Waals surface area (Å²) in [6.07, 6.45) is -4.58. The summed E-state index contributed by atoms with van der Waals surface area (Å²) in [5.41, 5.74) is -0.359. The molecular formula is C22H15F3N2O3S. The second-order valence-corrected chi connectivity index (χ2v) is 7.75. The molecule has 3 aromatic rings. The third-order valence-corrected chi connectivity index (χ3v) is 5.70. The molecule has 5 nitrogen and oxygen atoms in total. The number of hydrogen-bond donors (Lipinski definition) is 1. The lowest BCUT2D eigenvalue weighted by Crippen LogP contribution is -2.12. The van der Waals surface area contributed by atoms with Gasteiger partial charge in [0.05, 0.1) is 33.9 Å². The van der Waals surface area contributed by atoms with Gasteiger partial charge in [-0.2, -0.15) is 18.4 Å². The van der Waals surface area contributed by atoms with Crippen molar-refractivity contribution < 1.29 is 26.9 Å². The highest BCUT2D eigenvalue weighted by Crippen LogP contribution is 2.31. The van der Waals surface area contributed by atoms with E-state index in [1.165, 1.54) is 37.4 Å². The first kappa shape index (κ1) is 22.1. The molecule has 31 heavy (non-hydrogen) atoms. The van der Waals surface area contributed by atoms with Crippen LogP contribution in [0.5, 0.6) is 5.75 Å². The van der Waals surface area contributed by atoms with Crippen molar-refractivity contribution >= 4 is 22.4 Å². The number of nitrogens with zero attached hydrogens (tertiary/aromatic N) is 1. The number of methoxy groups -OCH3 is 1. The van der Waals surface area contributed by atoms with Gasteiger partial charge in [0.25, 0.3) is 5.91 Å². The van der Waals surface area contributed by atoms with Crippen LogP contribution in [-0.4, -0.2) is 17.2 Å². The average Bonchev–Trinajstić information content (AvgIpc) is 2.78. The van der Waals surface area contributed by atoms with Gasteiger partial charge in [-0.15, -0.1) is 0 Å². The zero-order valence-corrected chi connectivity index (χ0v) is 16.9. The zero-order chi connectivity index (χ0) is 22.6. The van der Waals surface area contributed by atoms with Gasteiger partial charge in [-0.1, -0.05) is 12.1 Å². The second-order valence-electron chi connectivity index (χ2n) is 6.30. The first-order chi connectivity index (χ1) is 14.7. The van der Waals surface area contributed by atoms with Crippen molar-refractivity contribution in [3.8, 4) is 11.8 Å². The molecule has 1 amide bonds. The highest BCUT2D eigenvalue weighted by molar-refractivity contribution is 7.85. The molecule has 9 heteroatoms. The van der Waals surface area contributed by atoms with E-state index in [0.29, 0.717) is 11.3 Å². The van der Waals surface area contributed by atoms with Crippen LogP contribution in [0.1, 0.15) is 21.5 Å². The normalized spacial score (nSPS) is 12.0. The van der Waals surface area contributed by atoms with Gasteiger partial charge in [0, 0.05) is 16.1 Å². The first-order valence-electron chi connectivity index (χ1n) is 8.81. The molecule has 0 aliphatic carbocycles. The molecule has 0 bridgehead atoms. The fourth-order valence-corrected chi connectivity index (χ4v) is 3.93. The number of nitrogens with one attached hydrogen (secondary N) is 1. The molecule has 3 aromatic carbocycles. The molecule has 1 N–H and O–H groups in total. The van der Waals surface area contributed by atoms with Gasteiger partial charge < -0.3 is 10.1 Å². The molecule has 0 radical (unpaired) electrons. The van der Waals surface area contributed by atoms with Gasteiger partial charge >= 0.3 is 6.18 Å². The maximum absolute atomic E-state index is 12.9. The Kier molecular flexibility index (Phi) is 6.42. The van der Waals surface area contributed by atoms with Crippen LogP contribution in [0, 0.1) is 11.3 Å². The lowest BCUT2D eigenvalue weighted by molar-refractivity contribution is -0.137. The highest BCUT2D eigenvalue weighted by Gasteiger charge is 2.31. The number of ether oxygens (including phenoxy) is 1. The van der Waals surface area contributed by atoms with E-state index in [1.54, 1.807) is 18.2 Å². The van der Waals surface area contributed by atoms with Crippen molar-refractivity contribution in [3.63, 3.8) is 0 Å². The topological polar surface area (TPSA) is 79.2 Å². The molecule has 0 aliphatic rings. The van der Waals surface area contributed by atoms with Crippen molar-refractivity contribution in [2.45, 2.75) is 16.0 Å². The van der Waals surface area contributed by atoms with Gasteiger partial charge in [0.15, 0.2) is 0 Å². The predicted molar refractivity (Wildman–Crippen MR) is 108 cm³/mol. The smallest absolute Gasteiger partial charge is 0.416 e. The summed E-state index contributed by atoms with van der Waals surface area (Å²) in [7, 11) is -0.545. The summed E-state index contributed by atoms with van der Waals surface area (Å²) in [6, 6.07) is 16.5. The monoisotopic (exact) mass is 444 g/mol. The Hall–Kier alpha value is -3.64. The summed E-state index contributed by atoms with van der Waals surface area (Å²) in [5, 5.41) is 12.1. The number of amides is 1. The van der Waals surface area contributed by atoms with Crippen molar-refractivity contribution in [1.82, 2.24) is 0 Å². The third-order valence-electron chi connectivity index (χ3n) is 4.26. The van der Waals surface area contributed by atoms with Crippen LogP contribution in [-0.2, 0) is 17.0 Å². The van der Waals surface area contributed by atoms with E-state index in [1.807, 2.05) is 6.07 Å². The van der Waals surface area contributed by atoms with Gasteiger partial charge in [-0.25, -0.2) is 4.21 Å². The van der Waals surface area contributed by atoms with Crippen LogP contribution in [0.3, 0.4) is 0 Å². The molecule has 0 saturated carbocycles. The molecule has 0 spiro atoms. The largest absolute Gasteiger partial charge is 0.497 e. The number of nitriles is 1. The number of alkyl halides is 3. The third kappa shape index (κ3) is 5.10. The quantitative estimate of drug-likeness (QED) is 0.600. The molecule has 0 aromatic heterocycles. The second kappa shape index (κ2) is 9.02. The first-order valence-corrected chi connectivity index (χ1v) is 9.96. The number of carbonyl (C=O) groups is 1. The lowest BCUT2D eigenvalue weighted by atomic mass is 10.1. The SMILES string of the molecule is COc1cccc(C(=O)Nc2ccc([S@](=O)c3cccc(C(F)(F)F)c3)c(C#N)c2)c1. The van der Waals surface area contributed by atoms with E-state index in [2.05, 4.69) is 5.32 Å². The summed E-state index contributed by atoms with van der Waals surface area (Å²) >= 11 is 0. The van der Waals surface area contributed by atoms with Crippen LogP contribution >= 0.6 is 0 Å². The number of rotatable bonds is 5. The average molecular weight is 444 g/mol. The van der Waals surface area contributed by atoms with Gasteiger partial charge in [0.2, 0.25) is 0 Å². The summed E-state index contributed by atoms with van der Waals surface area (Å²) in [5.74, 6) is 0.0479. The fraction of sp³-hybridized carbons (Fsp3) is 0.0909.